The number of anilines is 1. The fourth-order valence-electron chi connectivity index (χ4n) is 5.84. The van der Waals surface area contributed by atoms with Crippen LogP contribution in [-0.4, -0.2) is 54.0 Å². The summed E-state index contributed by atoms with van der Waals surface area (Å²) in [6, 6.07) is 4.89. The van der Waals surface area contributed by atoms with Gasteiger partial charge in [0.2, 0.25) is 0 Å². The third-order valence-electron chi connectivity index (χ3n) is 7.75. The summed E-state index contributed by atoms with van der Waals surface area (Å²) in [4.78, 5) is 2.50. The van der Waals surface area contributed by atoms with Crippen molar-refractivity contribution in [3.63, 3.8) is 0 Å². The molecule has 1 aliphatic carbocycles. The van der Waals surface area contributed by atoms with Gasteiger partial charge in [0.25, 0.3) is 0 Å². The predicted octanol–water partition coefficient (Wildman–Crippen LogP) is 5.01. The Morgan fingerprint density at radius 3 is 2.47 bits per heavy atom. The second-order valence-electron chi connectivity index (χ2n) is 10.3. The van der Waals surface area contributed by atoms with Gasteiger partial charge < -0.3 is 15.0 Å². The molecule has 4 atom stereocenters. The summed E-state index contributed by atoms with van der Waals surface area (Å²) >= 11 is 0. The summed E-state index contributed by atoms with van der Waals surface area (Å²) in [5, 5.41) is 11.0. The van der Waals surface area contributed by atoms with E-state index in [1.807, 2.05) is 0 Å². The van der Waals surface area contributed by atoms with Gasteiger partial charge in [0, 0.05) is 37.8 Å². The first-order valence-electron chi connectivity index (χ1n) is 12.0. The number of halogens is 4. The van der Waals surface area contributed by atoms with Gasteiger partial charge in [-0.2, -0.15) is 13.2 Å². The first-order chi connectivity index (χ1) is 16.2. The van der Waals surface area contributed by atoms with Gasteiger partial charge in [0.1, 0.15) is 11.4 Å². The number of aromatic nitrogens is 2. The molecule has 0 radical (unpaired) electrons. The first-order valence-corrected chi connectivity index (χ1v) is 12.0. The van der Waals surface area contributed by atoms with E-state index < -0.39 is 17.6 Å². The number of benzene rings is 1. The first kappa shape index (κ1) is 23.5. The van der Waals surface area contributed by atoms with E-state index in [1.165, 1.54) is 18.2 Å². The fourth-order valence-corrected chi connectivity index (χ4v) is 5.84. The van der Waals surface area contributed by atoms with Crippen molar-refractivity contribution in [1.29, 1.82) is 0 Å². The van der Waals surface area contributed by atoms with Crippen molar-refractivity contribution in [3.05, 3.63) is 41.2 Å². The Kier molecular flexibility index (Phi) is 6.27. The number of nitrogens with one attached hydrogen (secondary N) is 1. The number of hydrogen-bond acceptors (Lipinski definition) is 5. The van der Waals surface area contributed by atoms with Gasteiger partial charge in [-0.25, -0.2) is 4.39 Å². The molecule has 5 rings (SSSR count). The molecule has 2 aromatic rings. The van der Waals surface area contributed by atoms with Crippen LogP contribution in [0, 0.1) is 36.4 Å². The van der Waals surface area contributed by atoms with E-state index in [4.69, 9.17) is 4.74 Å². The van der Waals surface area contributed by atoms with Gasteiger partial charge in [-0.05, 0) is 67.2 Å². The van der Waals surface area contributed by atoms with Crippen molar-refractivity contribution >= 4 is 5.82 Å². The van der Waals surface area contributed by atoms with Crippen molar-refractivity contribution in [2.24, 2.45) is 23.7 Å². The Balaban J connectivity index is 1.27. The zero-order valence-corrected chi connectivity index (χ0v) is 19.4. The van der Waals surface area contributed by atoms with Crippen LogP contribution in [0.1, 0.15) is 30.9 Å². The molecule has 2 saturated heterocycles. The molecule has 5 nitrogen and oxygen atoms in total. The lowest BCUT2D eigenvalue weighted by Crippen LogP contribution is -2.32. The summed E-state index contributed by atoms with van der Waals surface area (Å²) in [5.74, 6) is 1.33. The molecule has 3 aliphatic rings. The molecular formula is C25H30F4N4O. The van der Waals surface area contributed by atoms with Crippen LogP contribution >= 0.6 is 0 Å². The van der Waals surface area contributed by atoms with Gasteiger partial charge in [0.05, 0.1) is 12.3 Å². The summed E-state index contributed by atoms with van der Waals surface area (Å²) in [5.41, 5.74) is 0.0901. The third kappa shape index (κ3) is 4.77. The Morgan fingerprint density at radius 1 is 1.09 bits per heavy atom. The normalized spacial score (nSPS) is 29.5. The van der Waals surface area contributed by atoms with Crippen LogP contribution in [0.15, 0.2) is 24.3 Å². The van der Waals surface area contributed by atoms with Gasteiger partial charge >= 0.3 is 6.18 Å². The van der Waals surface area contributed by atoms with Crippen molar-refractivity contribution in [1.82, 2.24) is 15.1 Å². The number of hydrogen-bond donors (Lipinski definition) is 1. The van der Waals surface area contributed by atoms with Crippen LogP contribution in [0.4, 0.5) is 23.4 Å². The Bertz CT molecular complexity index is 1030. The third-order valence-corrected chi connectivity index (χ3v) is 7.75. The number of likely N-dealkylation sites (tertiary alicyclic amines) is 1. The molecule has 1 saturated carbocycles. The van der Waals surface area contributed by atoms with E-state index in [2.05, 4.69) is 27.3 Å². The van der Waals surface area contributed by atoms with Crippen LogP contribution in [-0.2, 0) is 10.9 Å². The quantitative estimate of drug-likeness (QED) is 0.612. The molecule has 1 N–H and O–H groups in total. The highest BCUT2D eigenvalue weighted by Crippen LogP contribution is 2.42. The minimum Gasteiger partial charge on any atom is -0.381 e. The van der Waals surface area contributed by atoms with Crippen molar-refractivity contribution < 1.29 is 22.3 Å². The van der Waals surface area contributed by atoms with Crippen LogP contribution in [0.25, 0.3) is 11.3 Å². The van der Waals surface area contributed by atoms with E-state index in [1.54, 1.807) is 6.92 Å². The summed E-state index contributed by atoms with van der Waals surface area (Å²) in [7, 11) is 0. The number of nitrogens with zero attached hydrogens (tertiary/aromatic N) is 3. The number of alkyl halides is 3. The van der Waals surface area contributed by atoms with Crippen LogP contribution in [0.5, 0.6) is 0 Å². The van der Waals surface area contributed by atoms with Crippen LogP contribution in [0.2, 0.25) is 0 Å². The molecule has 9 heteroatoms. The van der Waals surface area contributed by atoms with Crippen LogP contribution < -0.4 is 5.32 Å². The number of ether oxygens (including phenoxy) is 1. The molecule has 184 valence electrons. The van der Waals surface area contributed by atoms with E-state index >= 15 is 0 Å². The highest BCUT2D eigenvalue weighted by Gasteiger charge is 2.43. The Labute approximate surface area is 196 Å². The minimum absolute atomic E-state index is 0.0129. The molecule has 3 heterocycles. The second-order valence-corrected chi connectivity index (χ2v) is 10.3. The zero-order chi connectivity index (χ0) is 24.0. The Morgan fingerprint density at radius 2 is 1.82 bits per heavy atom. The maximum atomic E-state index is 13.9. The molecule has 0 amide bonds. The van der Waals surface area contributed by atoms with E-state index in [0.29, 0.717) is 34.8 Å². The molecule has 3 fully saturated rings. The second kappa shape index (κ2) is 9.07. The Hall–Kier alpha value is -2.26. The highest BCUT2D eigenvalue weighted by atomic mass is 19.4. The highest BCUT2D eigenvalue weighted by molar-refractivity contribution is 5.65. The number of fused-ring (bicyclic) bond motifs is 1. The van der Waals surface area contributed by atoms with E-state index in [-0.39, 0.29) is 17.6 Å². The lowest BCUT2D eigenvalue weighted by Gasteiger charge is -2.24. The molecule has 2 aliphatic heterocycles. The molecule has 4 unspecified atom stereocenters. The van der Waals surface area contributed by atoms with Gasteiger partial charge in [0.15, 0.2) is 5.82 Å². The average Bonchev–Trinajstić information content (AvgIpc) is 3.45. The molecule has 1 aromatic carbocycles. The summed E-state index contributed by atoms with van der Waals surface area (Å²) in [6.45, 7) is 8.60. The standard InChI is InChI=1S/C25H30F4N4O/c1-14-3-4-19(26)7-21(14)23-8-22(25(27,28)29)24(32-31-23)30-20-5-16-9-33(10-17(16)6-20)11-18-13-34-12-15(18)2/h3-4,7-8,15-18,20H,5-6,9-13H2,1-2H3,(H,30,32). The lowest BCUT2D eigenvalue weighted by atomic mass is 9.97. The molecule has 1 aromatic heterocycles. The fraction of sp³-hybridized carbons (Fsp3) is 0.600. The minimum atomic E-state index is -4.60. The number of aryl methyl sites for hydroxylation is 1. The average molecular weight is 479 g/mol. The number of rotatable bonds is 5. The molecule has 0 bridgehead atoms. The zero-order valence-electron chi connectivity index (χ0n) is 19.4. The smallest absolute Gasteiger partial charge is 0.381 e. The molecule has 0 spiro atoms. The van der Waals surface area contributed by atoms with Crippen molar-refractivity contribution in [2.75, 3.05) is 38.2 Å². The van der Waals surface area contributed by atoms with Gasteiger partial charge in [-0.1, -0.05) is 13.0 Å². The van der Waals surface area contributed by atoms with E-state index in [9.17, 15) is 17.6 Å². The maximum absolute atomic E-state index is 13.9. The summed E-state index contributed by atoms with van der Waals surface area (Å²) < 4.78 is 61.0. The van der Waals surface area contributed by atoms with Crippen molar-refractivity contribution in [2.45, 2.75) is 38.9 Å². The van der Waals surface area contributed by atoms with E-state index in [0.717, 1.165) is 51.8 Å². The van der Waals surface area contributed by atoms with Crippen molar-refractivity contribution in [3.8, 4) is 11.3 Å². The van der Waals surface area contributed by atoms with Gasteiger partial charge in [-0.3, -0.25) is 0 Å². The summed E-state index contributed by atoms with van der Waals surface area (Å²) in [6.07, 6.45) is -2.96. The lowest BCUT2D eigenvalue weighted by molar-refractivity contribution is -0.137. The molecule has 34 heavy (non-hydrogen) atoms. The maximum Gasteiger partial charge on any atom is 0.420 e. The van der Waals surface area contributed by atoms with Crippen LogP contribution in [0.3, 0.4) is 0 Å². The monoisotopic (exact) mass is 478 g/mol. The molecular weight excluding hydrogens is 448 g/mol. The van der Waals surface area contributed by atoms with Gasteiger partial charge in [-0.15, -0.1) is 10.2 Å². The predicted molar refractivity (Wildman–Crippen MR) is 121 cm³/mol. The topological polar surface area (TPSA) is 50.3 Å². The SMILES string of the molecule is Cc1ccc(F)cc1-c1cc(C(F)(F)F)c(NC2CC3CN(CC4COCC4C)CC3C2)nn1. The largest absolute Gasteiger partial charge is 0.420 e.